The summed E-state index contributed by atoms with van der Waals surface area (Å²) in [6, 6.07) is 9.30. The van der Waals surface area contributed by atoms with Crippen molar-refractivity contribution in [3.05, 3.63) is 57.0 Å². The minimum atomic E-state index is -0.421. The zero-order chi connectivity index (χ0) is 19.6. The van der Waals surface area contributed by atoms with Gasteiger partial charge in [-0.15, -0.1) is 11.3 Å². The first-order valence-corrected chi connectivity index (χ1v) is 9.63. The Morgan fingerprint density at radius 1 is 1.11 bits per heavy atom. The summed E-state index contributed by atoms with van der Waals surface area (Å²) in [5.74, 6) is -1.06. The van der Waals surface area contributed by atoms with Crippen LogP contribution in [0.5, 0.6) is 0 Å². The van der Waals surface area contributed by atoms with Crippen LogP contribution in [0.2, 0.25) is 4.34 Å². The predicted octanol–water partition coefficient (Wildman–Crippen LogP) is 4.26. The van der Waals surface area contributed by atoms with E-state index in [9.17, 15) is 14.0 Å². The van der Waals surface area contributed by atoms with Gasteiger partial charge in [-0.2, -0.15) is 0 Å². The summed E-state index contributed by atoms with van der Waals surface area (Å²) in [7, 11) is 0. The lowest BCUT2D eigenvalue weighted by Crippen LogP contribution is -2.25. The van der Waals surface area contributed by atoms with Crippen molar-refractivity contribution in [1.82, 2.24) is 10.8 Å². The third-order valence-electron chi connectivity index (χ3n) is 3.77. The maximum absolute atomic E-state index is 13.2. The van der Waals surface area contributed by atoms with Crippen LogP contribution in [0.4, 0.5) is 4.39 Å². The molecule has 0 aliphatic carbocycles. The first-order valence-electron chi connectivity index (χ1n) is 8.43. The van der Waals surface area contributed by atoms with Gasteiger partial charge in [0.25, 0.3) is 5.91 Å². The standard InChI is InChI=1S/C19H20ClFN2O3S/c20-17-10-9-15(27-17)12-16(13-5-7-14(21)8-6-13)19(25)22-11-3-1-2-4-18(24)23-26/h5-10,12,26H,1-4,11H2,(H,22,25)(H,23,24). The normalized spacial score (nSPS) is 11.3. The topological polar surface area (TPSA) is 78.4 Å². The van der Waals surface area contributed by atoms with Gasteiger partial charge in [0, 0.05) is 23.4 Å². The number of hydroxylamine groups is 1. The molecule has 0 aliphatic heterocycles. The summed E-state index contributed by atoms with van der Waals surface area (Å²) in [6.07, 6.45) is 4.03. The van der Waals surface area contributed by atoms with Crippen LogP contribution in [0.1, 0.15) is 36.1 Å². The van der Waals surface area contributed by atoms with E-state index in [0.717, 1.165) is 11.3 Å². The molecule has 144 valence electrons. The maximum Gasteiger partial charge on any atom is 0.251 e. The second-order valence-corrected chi connectivity index (χ2v) is 7.55. The maximum atomic E-state index is 13.2. The van der Waals surface area contributed by atoms with E-state index in [4.69, 9.17) is 16.8 Å². The number of nitrogens with one attached hydrogen (secondary N) is 2. The summed E-state index contributed by atoms with van der Waals surface area (Å²) in [5, 5.41) is 11.3. The first-order chi connectivity index (χ1) is 13.0. The fourth-order valence-corrected chi connectivity index (χ4v) is 3.40. The lowest BCUT2D eigenvalue weighted by atomic mass is 10.0. The molecule has 1 aromatic carbocycles. The SMILES string of the molecule is O=C(CCCCCNC(=O)C(=Cc1ccc(Cl)s1)c1ccc(F)cc1)NO. The van der Waals surface area contributed by atoms with Gasteiger partial charge in [0.1, 0.15) is 5.82 Å². The quantitative estimate of drug-likeness (QED) is 0.250. The Labute approximate surface area is 165 Å². The third kappa shape index (κ3) is 7.13. The molecule has 0 bridgehead atoms. The van der Waals surface area contributed by atoms with Crippen LogP contribution in [0.3, 0.4) is 0 Å². The van der Waals surface area contributed by atoms with E-state index in [0.29, 0.717) is 34.9 Å². The highest BCUT2D eigenvalue weighted by molar-refractivity contribution is 7.17. The van der Waals surface area contributed by atoms with Crippen LogP contribution >= 0.6 is 22.9 Å². The average molecular weight is 411 g/mol. The molecule has 27 heavy (non-hydrogen) atoms. The van der Waals surface area contributed by atoms with Crippen molar-refractivity contribution in [3.8, 4) is 0 Å². The van der Waals surface area contributed by atoms with E-state index in [1.165, 1.54) is 23.5 Å². The summed E-state index contributed by atoms with van der Waals surface area (Å²) in [4.78, 5) is 24.4. The van der Waals surface area contributed by atoms with Crippen molar-refractivity contribution in [1.29, 1.82) is 0 Å². The van der Waals surface area contributed by atoms with Crippen molar-refractivity contribution >= 4 is 46.4 Å². The van der Waals surface area contributed by atoms with E-state index in [-0.39, 0.29) is 18.1 Å². The zero-order valence-corrected chi connectivity index (χ0v) is 16.1. The van der Waals surface area contributed by atoms with Gasteiger partial charge in [-0.1, -0.05) is 30.2 Å². The van der Waals surface area contributed by atoms with Gasteiger partial charge in [0.2, 0.25) is 5.91 Å². The molecule has 0 fully saturated rings. The van der Waals surface area contributed by atoms with Crippen molar-refractivity contribution < 1.29 is 19.2 Å². The highest BCUT2D eigenvalue weighted by atomic mass is 35.5. The molecular weight excluding hydrogens is 391 g/mol. The zero-order valence-electron chi connectivity index (χ0n) is 14.5. The largest absolute Gasteiger partial charge is 0.352 e. The fourth-order valence-electron chi connectivity index (χ4n) is 2.40. The molecule has 1 heterocycles. The van der Waals surface area contributed by atoms with Crippen molar-refractivity contribution in [2.24, 2.45) is 0 Å². The molecule has 5 nitrogen and oxygen atoms in total. The highest BCUT2D eigenvalue weighted by Crippen LogP contribution is 2.26. The molecule has 0 saturated heterocycles. The molecule has 0 radical (unpaired) electrons. The molecule has 0 saturated carbocycles. The smallest absolute Gasteiger partial charge is 0.251 e. The molecular formula is C19H20ClFN2O3S. The number of thiophene rings is 1. The fraction of sp³-hybridized carbons (Fsp3) is 0.263. The highest BCUT2D eigenvalue weighted by Gasteiger charge is 2.13. The molecule has 2 aromatic rings. The molecule has 0 aliphatic rings. The molecule has 0 unspecified atom stereocenters. The van der Waals surface area contributed by atoms with Crippen molar-refractivity contribution in [2.45, 2.75) is 25.7 Å². The molecule has 8 heteroatoms. The van der Waals surface area contributed by atoms with Crippen LogP contribution in [-0.4, -0.2) is 23.6 Å². The number of hydrogen-bond donors (Lipinski definition) is 3. The summed E-state index contributed by atoms with van der Waals surface area (Å²) >= 11 is 7.30. The third-order valence-corrected chi connectivity index (χ3v) is 4.95. The number of unbranched alkanes of at least 4 members (excludes halogenated alkanes) is 2. The Balaban J connectivity index is 1.98. The summed E-state index contributed by atoms with van der Waals surface area (Å²) in [6.45, 7) is 0.448. The van der Waals surface area contributed by atoms with Crippen LogP contribution in [0.15, 0.2) is 36.4 Å². The Hall–Kier alpha value is -2.22. The Bertz CT molecular complexity index is 806. The first kappa shape index (κ1) is 21.1. The minimum Gasteiger partial charge on any atom is -0.352 e. The van der Waals surface area contributed by atoms with Gasteiger partial charge in [0.15, 0.2) is 0 Å². The Kier molecular flexibility index (Phi) is 8.44. The van der Waals surface area contributed by atoms with Gasteiger partial charge >= 0.3 is 0 Å². The summed E-state index contributed by atoms with van der Waals surface area (Å²) in [5.41, 5.74) is 2.62. The second kappa shape index (κ2) is 10.8. The molecule has 3 N–H and O–H groups in total. The van der Waals surface area contributed by atoms with Crippen LogP contribution in [0, 0.1) is 5.82 Å². The van der Waals surface area contributed by atoms with Gasteiger partial charge in [-0.05, 0) is 48.7 Å². The molecule has 0 atom stereocenters. The predicted molar refractivity (Wildman–Crippen MR) is 105 cm³/mol. The van der Waals surface area contributed by atoms with Gasteiger partial charge < -0.3 is 5.32 Å². The average Bonchev–Trinajstić information content (AvgIpc) is 3.08. The number of amides is 2. The lowest BCUT2D eigenvalue weighted by molar-refractivity contribution is -0.129. The van der Waals surface area contributed by atoms with E-state index < -0.39 is 5.91 Å². The monoisotopic (exact) mass is 410 g/mol. The van der Waals surface area contributed by atoms with E-state index >= 15 is 0 Å². The van der Waals surface area contributed by atoms with Crippen molar-refractivity contribution in [3.63, 3.8) is 0 Å². The van der Waals surface area contributed by atoms with E-state index in [2.05, 4.69) is 5.32 Å². The van der Waals surface area contributed by atoms with Gasteiger partial charge in [-0.3, -0.25) is 14.8 Å². The van der Waals surface area contributed by atoms with Gasteiger partial charge in [-0.25, -0.2) is 9.87 Å². The molecule has 0 spiro atoms. The number of benzene rings is 1. The van der Waals surface area contributed by atoms with Crippen LogP contribution < -0.4 is 10.8 Å². The molecule has 2 rings (SSSR count). The van der Waals surface area contributed by atoms with Crippen molar-refractivity contribution in [2.75, 3.05) is 6.54 Å². The van der Waals surface area contributed by atoms with E-state index in [1.807, 2.05) is 6.07 Å². The number of halogens is 2. The van der Waals surface area contributed by atoms with Gasteiger partial charge in [0.05, 0.1) is 4.34 Å². The number of hydrogen-bond acceptors (Lipinski definition) is 4. The molecule has 2 amide bonds. The number of rotatable bonds is 9. The second-order valence-electron chi connectivity index (χ2n) is 5.81. The van der Waals surface area contributed by atoms with E-state index in [1.54, 1.807) is 29.8 Å². The molecule has 1 aromatic heterocycles. The van der Waals surface area contributed by atoms with Crippen LogP contribution in [-0.2, 0) is 9.59 Å². The summed E-state index contributed by atoms with van der Waals surface area (Å²) < 4.78 is 13.8. The Morgan fingerprint density at radius 3 is 2.48 bits per heavy atom. The van der Waals surface area contributed by atoms with Crippen LogP contribution in [0.25, 0.3) is 11.6 Å². The Morgan fingerprint density at radius 2 is 1.85 bits per heavy atom. The minimum absolute atomic E-state index is 0.240. The number of carbonyl (C=O) groups is 2. The number of carbonyl (C=O) groups excluding carboxylic acids is 2. The lowest BCUT2D eigenvalue weighted by Gasteiger charge is -2.09.